The van der Waals surface area contributed by atoms with Gasteiger partial charge >= 0.3 is 0 Å². The number of nitrogens with one attached hydrogen (secondary N) is 2. The highest BCUT2D eigenvalue weighted by Crippen LogP contribution is 2.16. The summed E-state index contributed by atoms with van der Waals surface area (Å²) in [5.74, 6) is 0.804. The first-order chi connectivity index (χ1) is 13.1. The van der Waals surface area contributed by atoms with E-state index in [-0.39, 0.29) is 4.90 Å². The van der Waals surface area contributed by atoms with E-state index in [1.807, 2.05) is 18.2 Å². The highest BCUT2D eigenvalue weighted by atomic mass is 32.2. The molecule has 1 aromatic carbocycles. The summed E-state index contributed by atoms with van der Waals surface area (Å²) < 4.78 is 31.9. The van der Waals surface area contributed by atoms with E-state index in [1.165, 1.54) is 9.99 Å². The van der Waals surface area contributed by atoms with Crippen molar-refractivity contribution in [3.63, 3.8) is 0 Å². The molecule has 2 N–H and O–H groups in total. The summed E-state index contributed by atoms with van der Waals surface area (Å²) >= 11 is 0. The maximum Gasteiger partial charge on any atom is 0.272 e. The van der Waals surface area contributed by atoms with Crippen molar-refractivity contribution in [1.82, 2.24) is 4.31 Å². The van der Waals surface area contributed by atoms with Gasteiger partial charge in [-0.25, -0.2) is 13.4 Å². The van der Waals surface area contributed by atoms with Crippen LogP contribution in [0.4, 0.5) is 11.5 Å². The second-order valence-corrected chi connectivity index (χ2v) is 8.43. The molecule has 0 radical (unpaired) electrons. The fourth-order valence-electron chi connectivity index (χ4n) is 2.97. The number of anilines is 2. The molecular weight excluding hydrogens is 364 g/mol. The lowest BCUT2D eigenvalue weighted by Crippen LogP contribution is -2.40. The molecule has 0 unspecified atom stereocenters. The molecule has 3 rings (SSSR count). The van der Waals surface area contributed by atoms with Gasteiger partial charge in [0, 0.05) is 44.9 Å². The third kappa shape index (κ3) is 5.18. The quantitative estimate of drug-likeness (QED) is 0.690. The first-order valence-electron chi connectivity index (χ1n) is 9.17. The van der Waals surface area contributed by atoms with E-state index in [2.05, 4.69) is 34.4 Å². The molecule has 0 saturated carbocycles. The number of hydrogen-bond donors (Lipinski definition) is 1. The Bertz CT molecular complexity index is 807. The van der Waals surface area contributed by atoms with E-state index in [0.717, 1.165) is 25.3 Å². The van der Waals surface area contributed by atoms with E-state index < -0.39 is 10.0 Å². The lowest BCUT2D eigenvalue weighted by Gasteiger charge is -2.25. The summed E-state index contributed by atoms with van der Waals surface area (Å²) in [6, 6.07) is 13.7. The molecule has 0 spiro atoms. The lowest BCUT2D eigenvalue weighted by atomic mass is 10.3. The van der Waals surface area contributed by atoms with Crippen LogP contribution in [0.5, 0.6) is 0 Å². The van der Waals surface area contributed by atoms with Crippen molar-refractivity contribution in [3.05, 3.63) is 48.7 Å². The van der Waals surface area contributed by atoms with Crippen LogP contribution in [0.25, 0.3) is 0 Å². The van der Waals surface area contributed by atoms with E-state index in [0.29, 0.717) is 26.3 Å². The second-order valence-electron chi connectivity index (χ2n) is 6.49. The molecule has 1 saturated heterocycles. The van der Waals surface area contributed by atoms with Crippen LogP contribution in [-0.4, -0.2) is 59.2 Å². The monoisotopic (exact) mass is 391 g/mol. The van der Waals surface area contributed by atoms with Crippen LogP contribution in [0.1, 0.15) is 6.42 Å². The molecule has 2 aromatic rings. The molecule has 8 heteroatoms. The number of benzene rings is 1. The van der Waals surface area contributed by atoms with Crippen molar-refractivity contribution >= 4 is 21.5 Å². The van der Waals surface area contributed by atoms with Crippen LogP contribution in [0.3, 0.4) is 0 Å². The largest absolute Gasteiger partial charge is 0.379 e. The van der Waals surface area contributed by atoms with E-state index in [4.69, 9.17) is 4.74 Å². The molecule has 0 atom stereocenters. The van der Waals surface area contributed by atoms with Gasteiger partial charge in [-0.2, -0.15) is 4.31 Å². The Morgan fingerprint density at radius 2 is 1.89 bits per heavy atom. The Hall–Kier alpha value is -2.16. The first kappa shape index (κ1) is 19.6. The molecule has 0 aliphatic carbocycles. The smallest absolute Gasteiger partial charge is 0.272 e. The standard InChI is InChI=1S/C19H26N4O3S/c1-22(17-6-3-2-4-7-17)11-5-10-20-19-9-8-18(16-21-19)27(24,25)23-12-14-26-15-13-23/h2-4,6-9,16H,5,10-15H2,1H3,(H,20,21)/p+1. The van der Waals surface area contributed by atoms with Crippen molar-refractivity contribution in [2.75, 3.05) is 56.7 Å². The third-order valence-electron chi connectivity index (χ3n) is 4.57. The number of aromatic nitrogens is 1. The number of aromatic amines is 1. The van der Waals surface area contributed by atoms with Crippen LogP contribution in [0.2, 0.25) is 0 Å². The van der Waals surface area contributed by atoms with Crippen LogP contribution >= 0.6 is 0 Å². The molecular formula is C19H27N4O3S+. The van der Waals surface area contributed by atoms with Crippen molar-refractivity contribution in [2.45, 2.75) is 11.3 Å². The molecule has 1 fully saturated rings. The number of ether oxygens (including phenoxy) is 1. The summed E-state index contributed by atoms with van der Waals surface area (Å²) in [6.45, 7) is 3.41. The Labute approximate surface area is 161 Å². The second kappa shape index (κ2) is 9.16. The molecule has 146 valence electrons. The van der Waals surface area contributed by atoms with Crippen LogP contribution in [0, 0.1) is 0 Å². The van der Waals surface area contributed by atoms with Crippen molar-refractivity contribution in [2.24, 2.45) is 0 Å². The average Bonchev–Trinajstić information content (AvgIpc) is 2.72. The molecule has 2 heterocycles. The summed E-state index contributed by atoms with van der Waals surface area (Å²) in [6.07, 6.45) is 2.51. The zero-order chi connectivity index (χ0) is 19.1. The molecule has 27 heavy (non-hydrogen) atoms. The maximum absolute atomic E-state index is 12.6. The number of pyridine rings is 1. The van der Waals surface area contributed by atoms with E-state index in [1.54, 1.807) is 18.3 Å². The van der Waals surface area contributed by atoms with Gasteiger partial charge in [-0.15, -0.1) is 0 Å². The number of para-hydroxylation sites is 1. The van der Waals surface area contributed by atoms with Gasteiger partial charge in [-0.3, -0.25) is 5.32 Å². The molecule has 0 amide bonds. The molecule has 7 nitrogen and oxygen atoms in total. The predicted molar refractivity (Wildman–Crippen MR) is 105 cm³/mol. The van der Waals surface area contributed by atoms with Gasteiger partial charge in [0.1, 0.15) is 11.1 Å². The topological polar surface area (TPSA) is 76.0 Å². The number of nitrogens with zero attached hydrogens (tertiary/aromatic N) is 2. The average molecular weight is 392 g/mol. The Balaban J connectivity index is 1.48. The van der Waals surface area contributed by atoms with Crippen molar-refractivity contribution < 1.29 is 18.1 Å². The maximum atomic E-state index is 12.6. The van der Waals surface area contributed by atoms with Crippen LogP contribution in [0.15, 0.2) is 53.6 Å². The number of sulfonamides is 1. The molecule has 0 bridgehead atoms. The lowest BCUT2D eigenvalue weighted by molar-refractivity contribution is -0.364. The van der Waals surface area contributed by atoms with Crippen molar-refractivity contribution in [1.29, 1.82) is 0 Å². The Kier molecular flexibility index (Phi) is 6.65. The summed E-state index contributed by atoms with van der Waals surface area (Å²) in [5.41, 5.74) is 1.20. The fourth-order valence-corrected chi connectivity index (χ4v) is 4.34. The number of morpholine rings is 1. The molecule has 1 aliphatic heterocycles. The Morgan fingerprint density at radius 1 is 1.15 bits per heavy atom. The third-order valence-corrected chi connectivity index (χ3v) is 6.47. The normalized spacial score (nSPS) is 15.4. The van der Waals surface area contributed by atoms with Crippen LogP contribution in [-0.2, 0) is 14.8 Å². The first-order valence-corrected chi connectivity index (χ1v) is 10.6. The highest BCUT2D eigenvalue weighted by molar-refractivity contribution is 7.89. The van der Waals surface area contributed by atoms with Gasteiger partial charge in [-0.05, 0) is 18.2 Å². The highest BCUT2D eigenvalue weighted by Gasteiger charge is 2.27. The van der Waals surface area contributed by atoms with Crippen molar-refractivity contribution in [3.8, 4) is 0 Å². The number of hydrogen-bond acceptors (Lipinski definition) is 5. The summed E-state index contributed by atoms with van der Waals surface area (Å²) in [7, 11) is -1.38. The molecule has 1 aromatic heterocycles. The fraction of sp³-hybridized carbons (Fsp3) is 0.421. The summed E-state index contributed by atoms with van der Waals surface area (Å²) in [4.78, 5) is 5.53. The van der Waals surface area contributed by atoms with Gasteiger partial charge in [-0.1, -0.05) is 18.2 Å². The van der Waals surface area contributed by atoms with Gasteiger partial charge < -0.3 is 9.64 Å². The summed E-state index contributed by atoms with van der Waals surface area (Å²) in [5, 5.41) is 3.30. The number of H-pyrrole nitrogens is 1. The zero-order valence-corrected chi connectivity index (χ0v) is 16.4. The zero-order valence-electron chi connectivity index (χ0n) is 15.6. The van der Waals surface area contributed by atoms with E-state index >= 15 is 0 Å². The SMILES string of the molecule is CN(CCCNc1ccc(S(=O)(=O)N2CCOCC2)c[nH+]1)c1ccccc1. The molecule has 1 aliphatic rings. The minimum atomic E-state index is -3.46. The number of rotatable bonds is 8. The Morgan fingerprint density at radius 3 is 2.56 bits per heavy atom. The van der Waals surface area contributed by atoms with Gasteiger partial charge in [0.05, 0.1) is 19.8 Å². The van der Waals surface area contributed by atoms with Gasteiger partial charge in [0.15, 0.2) is 0 Å². The van der Waals surface area contributed by atoms with Crippen LogP contribution < -0.4 is 15.2 Å². The van der Waals surface area contributed by atoms with Gasteiger partial charge in [0.25, 0.3) is 5.82 Å². The van der Waals surface area contributed by atoms with E-state index in [9.17, 15) is 8.42 Å². The minimum Gasteiger partial charge on any atom is -0.379 e. The minimum absolute atomic E-state index is 0.277. The predicted octanol–water partition coefficient (Wildman–Crippen LogP) is 1.46. The van der Waals surface area contributed by atoms with Gasteiger partial charge in [0.2, 0.25) is 10.0 Å².